The third-order valence-corrected chi connectivity index (χ3v) is 20.5. The van der Waals surface area contributed by atoms with Crippen molar-refractivity contribution in [2.75, 3.05) is 0 Å². The molecule has 0 aromatic rings. The van der Waals surface area contributed by atoms with Crippen LogP contribution >= 0.6 is 0 Å². The van der Waals surface area contributed by atoms with Crippen LogP contribution in [0.2, 0.25) is 0 Å². The van der Waals surface area contributed by atoms with E-state index in [1.165, 1.54) is 366 Å². The van der Waals surface area contributed by atoms with Crippen LogP contribution in [0.4, 0.5) is 0 Å². The molecule has 1 radical (unpaired) electrons. The molecule has 0 aromatic heterocycles. The van der Waals surface area contributed by atoms with E-state index in [0.717, 1.165) is 23.7 Å². The van der Waals surface area contributed by atoms with Crippen molar-refractivity contribution in [1.29, 1.82) is 0 Å². The largest absolute Gasteiger partial charge is 0.0885 e. The summed E-state index contributed by atoms with van der Waals surface area (Å²) in [6.45, 7) is 29.5. The molecule has 497 valence electrons. The molecule has 0 saturated carbocycles. The molecule has 0 aliphatic rings. The highest BCUT2D eigenvalue weighted by Crippen LogP contribution is 2.65. The Labute approximate surface area is 534 Å². The molecule has 0 amide bonds. The molecule has 0 heterocycles. The predicted molar refractivity (Wildman–Crippen MR) is 389 cm³/mol. The maximum atomic E-state index is 3.17. The zero-order valence-electron chi connectivity index (χ0n) is 60.7. The molecule has 0 rings (SSSR count). The van der Waals surface area contributed by atoms with Gasteiger partial charge in [-0.3, -0.25) is 0 Å². The van der Waals surface area contributed by atoms with Gasteiger partial charge in [0.25, 0.3) is 0 Å². The third-order valence-electron chi connectivity index (χ3n) is 20.5. The molecule has 0 nitrogen and oxygen atoms in total. The summed E-state index contributed by atoms with van der Waals surface area (Å²) < 4.78 is 0. The molecule has 0 aromatic carbocycles. The average Bonchev–Trinajstić information content (AvgIpc) is 1.03. The summed E-state index contributed by atoms with van der Waals surface area (Å²) in [5, 5.41) is 0. The zero-order valence-corrected chi connectivity index (χ0v) is 60.7. The number of hydrogen-bond acceptors (Lipinski definition) is 0. The van der Waals surface area contributed by atoms with Crippen LogP contribution in [0.3, 0.4) is 0 Å². The molecule has 0 bridgehead atoms. The average molecular weight is 1170 g/mol. The fourth-order valence-corrected chi connectivity index (χ4v) is 15.5. The number of allylic oxidation sites excluding steroid dienone is 8. The highest BCUT2D eigenvalue weighted by molar-refractivity contribution is 5.35. The first kappa shape index (κ1) is 83.0. The van der Waals surface area contributed by atoms with Gasteiger partial charge in [-0.25, -0.2) is 0 Å². The summed E-state index contributed by atoms with van der Waals surface area (Å²) in [4.78, 5) is 0. The van der Waals surface area contributed by atoms with E-state index in [9.17, 15) is 0 Å². The second-order valence-electron chi connectivity index (χ2n) is 28.4. The Kier molecular flexibility index (Phi) is 61.4. The van der Waals surface area contributed by atoms with Gasteiger partial charge in [-0.2, -0.15) is 0 Å². The highest BCUT2D eigenvalue weighted by Gasteiger charge is 2.56. The highest BCUT2D eigenvalue weighted by atomic mass is 14.6. The van der Waals surface area contributed by atoms with Crippen LogP contribution in [-0.2, 0) is 0 Å². The predicted octanol–water partition coefficient (Wildman–Crippen LogP) is 31.1. The lowest BCUT2D eigenvalue weighted by molar-refractivity contribution is 0.0448. The van der Waals surface area contributed by atoms with Crippen LogP contribution in [0.15, 0.2) is 48.1 Å². The normalized spacial score (nSPS) is 15.5. The van der Waals surface area contributed by atoms with Gasteiger partial charge in [0.1, 0.15) is 0 Å². The monoisotopic (exact) mass is 1170 g/mol. The fourth-order valence-electron chi connectivity index (χ4n) is 15.5. The first-order chi connectivity index (χ1) is 41.3. The molecule has 0 saturated heterocycles. The van der Waals surface area contributed by atoms with Gasteiger partial charge >= 0.3 is 0 Å². The Morgan fingerprint density at radius 2 is 0.607 bits per heavy atom. The molecule has 0 aliphatic heterocycles. The molecule has 0 spiro atoms. The second kappa shape index (κ2) is 62.2. The Morgan fingerprint density at radius 1 is 0.274 bits per heavy atom. The summed E-state index contributed by atoms with van der Waals surface area (Å²) in [5.74, 6) is 5.12. The Balaban J connectivity index is 9.78. The molecule has 0 N–H and O–H groups in total. The number of rotatable bonds is 67. The van der Waals surface area contributed by atoms with Crippen LogP contribution in [0, 0.1) is 40.4 Å². The van der Waals surface area contributed by atoms with Crippen molar-refractivity contribution in [3.8, 4) is 0 Å². The van der Waals surface area contributed by atoms with Crippen molar-refractivity contribution in [3.63, 3.8) is 0 Å². The van der Waals surface area contributed by atoms with Gasteiger partial charge in [-0.1, -0.05) is 401 Å². The van der Waals surface area contributed by atoms with Crippen LogP contribution in [-0.4, -0.2) is 0 Å². The van der Waals surface area contributed by atoms with Gasteiger partial charge in [-0.15, -0.1) is 0 Å². The van der Waals surface area contributed by atoms with Crippen LogP contribution in [0.25, 0.3) is 0 Å². The van der Waals surface area contributed by atoms with Crippen LogP contribution in [0.1, 0.15) is 449 Å². The second-order valence-corrected chi connectivity index (χ2v) is 28.4. The van der Waals surface area contributed by atoms with Crippen molar-refractivity contribution in [2.24, 2.45) is 34.5 Å². The molecule has 0 fully saturated rings. The maximum Gasteiger partial charge on any atom is 0.0158 e. The van der Waals surface area contributed by atoms with Crippen molar-refractivity contribution < 1.29 is 0 Å². The molecule has 0 aliphatic carbocycles. The zero-order chi connectivity index (χ0) is 61.7. The third kappa shape index (κ3) is 41.3. The van der Waals surface area contributed by atoms with Crippen molar-refractivity contribution in [2.45, 2.75) is 449 Å². The van der Waals surface area contributed by atoms with Gasteiger partial charge in [0.2, 0.25) is 0 Å². The molecular formula is C84H161. The quantitative estimate of drug-likeness (QED) is 0.0421. The van der Waals surface area contributed by atoms with E-state index in [2.05, 4.69) is 132 Å². The number of hydrogen-bond donors (Lipinski definition) is 0. The first-order valence-electron chi connectivity index (χ1n) is 39.8. The molecule has 6 unspecified atom stereocenters. The van der Waals surface area contributed by atoms with Gasteiger partial charge in [0.15, 0.2) is 0 Å². The van der Waals surface area contributed by atoms with E-state index in [4.69, 9.17) is 0 Å². The summed E-state index contributed by atoms with van der Waals surface area (Å²) in [6.07, 6.45) is 98.0. The lowest BCUT2D eigenvalue weighted by Crippen LogP contribution is -2.50. The molecule has 84 heavy (non-hydrogen) atoms. The lowest BCUT2D eigenvalue weighted by Gasteiger charge is -2.58. The minimum Gasteiger partial charge on any atom is -0.0885 e. The minimum absolute atomic E-state index is 0.0125. The van der Waals surface area contributed by atoms with Crippen molar-refractivity contribution in [1.82, 2.24) is 0 Å². The minimum atomic E-state index is -0.0125. The molecule has 6 atom stereocenters. The van der Waals surface area contributed by atoms with Gasteiger partial charge < -0.3 is 0 Å². The first-order valence-corrected chi connectivity index (χ1v) is 39.8. The Bertz CT molecular complexity index is 1420. The summed E-state index contributed by atoms with van der Waals surface area (Å²) in [5.41, 5.74) is 2.01. The lowest BCUT2D eigenvalue weighted by atomic mass is 9.45. The smallest absolute Gasteiger partial charge is 0.0158 e. The fraction of sp³-hybridized carbons (Fsp3) is 0.893. The van der Waals surface area contributed by atoms with Crippen molar-refractivity contribution in [3.05, 3.63) is 54.0 Å². The van der Waals surface area contributed by atoms with E-state index >= 15 is 0 Å². The Morgan fingerprint density at radius 3 is 1.06 bits per heavy atom. The standard InChI is InChI=1S/C84H161/c1-13-25-33-37-40-43-46-50-58-70-82(74-78(62-22-10)66-54-30-18-6)84(76-80(64-24-12)68-56-32-20-8,72-60-52-48-45-42-39-35-27-15-3)83(75-79(63-23-11)67-55-31-19-7,71-59-51-47-44-41-38-34-26-14-2)81(69-57-49-36-28-16-4)73-77(61-21-9)65-53-29-17-5/h46,50,52,59-60,69,71,77-80H,13-45,47-49,51,53-58,61-68,70,72-76H2,1-12H3. The van der Waals surface area contributed by atoms with E-state index in [1.54, 1.807) is 0 Å². The topological polar surface area (TPSA) is 0 Å². The van der Waals surface area contributed by atoms with Gasteiger partial charge in [-0.05, 0) is 131 Å². The summed E-state index contributed by atoms with van der Waals surface area (Å²) in [7, 11) is 0. The number of unbranched alkanes of at least 4 members (excludes halogenated alkanes) is 30. The van der Waals surface area contributed by atoms with Gasteiger partial charge in [0, 0.05) is 5.41 Å². The SMILES string of the molecule is CCCCCCC=C(CC(CCC)CCCCC)C(C=CCCCCCCCCC)(CC(CCC)CCCCC)C(CC=CCCCCCCCC)(CC(CCC)CCCCC)[C](CCC=CCCCCCCC)CC(CCC)CCCCC. The van der Waals surface area contributed by atoms with E-state index in [1.807, 2.05) is 5.57 Å². The maximum absolute atomic E-state index is 3.17. The Hall–Kier alpha value is -1.04. The van der Waals surface area contributed by atoms with Crippen LogP contribution < -0.4 is 0 Å². The van der Waals surface area contributed by atoms with Crippen molar-refractivity contribution >= 4 is 0 Å². The van der Waals surface area contributed by atoms with Crippen LogP contribution in [0.5, 0.6) is 0 Å². The summed E-state index contributed by atoms with van der Waals surface area (Å²) >= 11 is 0. The van der Waals surface area contributed by atoms with E-state index < -0.39 is 0 Å². The molecule has 0 heteroatoms. The van der Waals surface area contributed by atoms with Gasteiger partial charge in [0.05, 0.1) is 0 Å². The molecular weight excluding hydrogens is 1010 g/mol. The van der Waals surface area contributed by atoms with E-state index in [-0.39, 0.29) is 10.8 Å². The summed E-state index contributed by atoms with van der Waals surface area (Å²) in [6, 6.07) is 0. The van der Waals surface area contributed by atoms with E-state index in [0.29, 0.717) is 0 Å².